The molecule has 0 bridgehead atoms. The Kier molecular flexibility index (Phi) is 5.37. The van der Waals surface area contributed by atoms with Gasteiger partial charge in [-0.05, 0) is 44.0 Å². The van der Waals surface area contributed by atoms with Gasteiger partial charge in [0.1, 0.15) is 0 Å². The average Bonchev–Trinajstić information content (AvgIpc) is 2.46. The second kappa shape index (κ2) is 7.05. The number of aliphatic carboxylic acids is 1. The Bertz CT molecular complexity index is 472. The van der Waals surface area contributed by atoms with Gasteiger partial charge in [0.05, 0.1) is 5.92 Å². The third kappa shape index (κ3) is 4.29. The maximum absolute atomic E-state index is 11.0. The van der Waals surface area contributed by atoms with Gasteiger partial charge in [0.15, 0.2) is 0 Å². The lowest BCUT2D eigenvalue weighted by Gasteiger charge is -2.35. The van der Waals surface area contributed by atoms with E-state index in [-0.39, 0.29) is 0 Å². The molecule has 1 fully saturated rings. The van der Waals surface area contributed by atoms with Gasteiger partial charge in [0, 0.05) is 19.1 Å². The number of benzene rings is 1. The van der Waals surface area contributed by atoms with Crippen LogP contribution in [0.3, 0.4) is 0 Å². The van der Waals surface area contributed by atoms with Gasteiger partial charge >= 0.3 is 5.97 Å². The van der Waals surface area contributed by atoms with Crippen molar-refractivity contribution in [2.24, 2.45) is 5.92 Å². The lowest BCUT2D eigenvalue weighted by molar-refractivity contribution is -0.138. The van der Waals surface area contributed by atoms with Crippen LogP contribution in [0.2, 0.25) is 0 Å². The number of nitrogens with one attached hydrogen (secondary N) is 1. The zero-order valence-electron chi connectivity index (χ0n) is 13.2. The summed E-state index contributed by atoms with van der Waals surface area (Å²) < 4.78 is 0. The van der Waals surface area contributed by atoms with E-state index in [1.807, 2.05) is 24.3 Å². The minimum absolute atomic E-state index is 0.444. The first kappa shape index (κ1) is 16.0. The molecular weight excluding hydrogens is 264 g/mol. The molecule has 21 heavy (non-hydrogen) atoms. The summed E-state index contributed by atoms with van der Waals surface area (Å²) in [6.45, 7) is 7.16. The summed E-state index contributed by atoms with van der Waals surface area (Å²) in [5.41, 5.74) is 2.07. The van der Waals surface area contributed by atoms with E-state index >= 15 is 0 Å². The molecule has 2 N–H and O–H groups in total. The van der Waals surface area contributed by atoms with Crippen LogP contribution in [-0.2, 0) is 11.3 Å². The van der Waals surface area contributed by atoms with Gasteiger partial charge in [-0.25, -0.2) is 0 Å². The summed E-state index contributed by atoms with van der Waals surface area (Å²) in [5.74, 6) is -0.558. The quantitative estimate of drug-likeness (QED) is 0.874. The second-order valence-corrected chi connectivity index (χ2v) is 6.32. The Morgan fingerprint density at radius 2 is 2.10 bits per heavy atom. The molecule has 4 heteroatoms. The summed E-state index contributed by atoms with van der Waals surface area (Å²) in [7, 11) is 2.18. The Morgan fingerprint density at radius 3 is 2.67 bits per heavy atom. The minimum atomic E-state index is -0.777. The molecule has 1 aliphatic rings. The maximum atomic E-state index is 11.0. The second-order valence-electron chi connectivity index (χ2n) is 6.32. The number of hydrogen-bond acceptors (Lipinski definition) is 3. The predicted molar refractivity (Wildman–Crippen MR) is 84.4 cm³/mol. The van der Waals surface area contributed by atoms with Crippen molar-refractivity contribution < 1.29 is 9.90 Å². The average molecular weight is 290 g/mol. The molecule has 1 aromatic rings. The predicted octanol–water partition coefficient (Wildman–Crippen LogP) is 2.30. The van der Waals surface area contributed by atoms with E-state index in [1.54, 1.807) is 6.92 Å². The molecule has 1 heterocycles. The molecule has 2 rings (SSSR count). The van der Waals surface area contributed by atoms with Crippen molar-refractivity contribution in [3.63, 3.8) is 0 Å². The summed E-state index contributed by atoms with van der Waals surface area (Å²) in [6, 6.07) is 8.48. The van der Waals surface area contributed by atoms with Crippen LogP contribution in [0.5, 0.6) is 0 Å². The van der Waals surface area contributed by atoms with Crippen molar-refractivity contribution in [3.05, 3.63) is 35.4 Å². The number of carbonyl (C=O) groups is 1. The van der Waals surface area contributed by atoms with E-state index in [4.69, 9.17) is 5.11 Å². The van der Waals surface area contributed by atoms with Gasteiger partial charge in [-0.1, -0.05) is 31.2 Å². The monoisotopic (exact) mass is 290 g/mol. The highest BCUT2D eigenvalue weighted by atomic mass is 16.4. The topological polar surface area (TPSA) is 52.6 Å². The molecule has 0 aliphatic carbocycles. The first-order valence-corrected chi connectivity index (χ1v) is 7.71. The number of rotatable bonds is 5. The lowest BCUT2D eigenvalue weighted by Crippen LogP contribution is -2.46. The van der Waals surface area contributed by atoms with E-state index in [1.165, 1.54) is 12.0 Å². The highest BCUT2D eigenvalue weighted by Gasteiger charge is 2.23. The first-order valence-electron chi connectivity index (χ1n) is 7.71. The van der Waals surface area contributed by atoms with Crippen LogP contribution in [0.15, 0.2) is 24.3 Å². The van der Waals surface area contributed by atoms with Gasteiger partial charge in [-0.2, -0.15) is 0 Å². The largest absolute Gasteiger partial charge is 0.481 e. The fraction of sp³-hybridized carbons (Fsp3) is 0.588. The highest BCUT2D eigenvalue weighted by molar-refractivity contribution is 5.75. The number of likely N-dealkylation sites (tertiary alicyclic amines) is 1. The van der Waals surface area contributed by atoms with E-state index in [0.717, 1.165) is 25.2 Å². The Hall–Kier alpha value is -1.39. The van der Waals surface area contributed by atoms with Crippen LogP contribution in [0.25, 0.3) is 0 Å². The van der Waals surface area contributed by atoms with Crippen molar-refractivity contribution >= 4 is 5.97 Å². The standard InChI is InChI=1S/C17H26N2O2/c1-12-11-19(3)9-8-16(12)18-10-14-4-6-15(7-5-14)13(2)17(20)21/h4-7,12-13,16,18H,8-11H2,1-3H3,(H,20,21). The van der Waals surface area contributed by atoms with Gasteiger partial charge in [0.2, 0.25) is 0 Å². The Balaban J connectivity index is 1.88. The molecule has 3 unspecified atom stereocenters. The molecule has 0 amide bonds. The third-order valence-electron chi connectivity index (χ3n) is 4.53. The van der Waals surface area contributed by atoms with Crippen molar-refractivity contribution in [1.29, 1.82) is 0 Å². The normalized spacial score (nSPS) is 24.7. The molecule has 116 valence electrons. The maximum Gasteiger partial charge on any atom is 0.310 e. The van der Waals surface area contributed by atoms with Gasteiger partial charge in [-0.3, -0.25) is 4.79 Å². The Labute approximate surface area is 127 Å². The highest BCUT2D eigenvalue weighted by Crippen LogP contribution is 2.18. The zero-order valence-corrected chi connectivity index (χ0v) is 13.2. The van der Waals surface area contributed by atoms with Crippen molar-refractivity contribution in [2.75, 3.05) is 20.1 Å². The van der Waals surface area contributed by atoms with Crippen LogP contribution in [0.4, 0.5) is 0 Å². The van der Waals surface area contributed by atoms with Crippen LogP contribution in [0.1, 0.15) is 37.3 Å². The number of carboxylic acid groups (broad SMARTS) is 1. The van der Waals surface area contributed by atoms with E-state index in [0.29, 0.717) is 12.0 Å². The fourth-order valence-corrected chi connectivity index (χ4v) is 2.97. The molecule has 1 aliphatic heterocycles. The fourth-order valence-electron chi connectivity index (χ4n) is 2.97. The molecule has 4 nitrogen and oxygen atoms in total. The molecule has 0 spiro atoms. The molecule has 0 saturated carbocycles. The van der Waals surface area contributed by atoms with Gasteiger partial charge in [-0.15, -0.1) is 0 Å². The van der Waals surface area contributed by atoms with Crippen LogP contribution >= 0.6 is 0 Å². The summed E-state index contributed by atoms with van der Waals surface area (Å²) in [5, 5.41) is 12.6. The summed E-state index contributed by atoms with van der Waals surface area (Å²) in [4.78, 5) is 13.3. The summed E-state index contributed by atoms with van der Waals surface area (Å²) in [6.07, 6.45) is 1.19. The number of hydrogen-bond donors (Lipinski definition) is 2. The molecular formula is C17H26N2O2. The molecule has 0 radical (unpaired) electrons. The molecule has 1 saturated heterocycles. The van der Waals surface area contributed by atoms with Crippen LogP contribution in [0, 0.1) is 5.92 Å². The Morgan fingerprint density at radius 1 is 1.43 bits per heavy atom. The number of carboxylic acids is 1. The number of piperidine rings is 1. The molecule has 0 aromatic heterocycles. The van der Waals surface area contributed by atoms with Crippen LogP contribution < -0.4 is 5.32 Å². The van der Waals surface area contributed by atoms with Gasteiger partial charge in [0.25, 0.3) is 0 Å². The third-order valence-corrected chi connectivity index (χ3v) is 4.53. The first-order chi connectivity index (χ1) is 9.97. The van der Waals surface area contributed by atoms with Crippen molar-refractivity contribution in [1.82, 2.24) is 10.2 Å². The lowest BCUT2D eigenvalue weighted by atomic mass is 9.94. The van der Waals surface area contributed by atoms with Crippen LogP contribution in [-0.4, -0.2) is 42.2 Å². The zero-order chi connectivity index (χ0) is 15.4. The van der Waals surface area contributed by atoms with Crippen molar-refractivity contribution in [2.45, 2.75) is 38.8 Å². The number of nitrogens with zero attached hydrogens (tertiary/aromatic N) is 1. The van der Waals surface area contributed by atoms with E-state index in [2.05, 4.69) is 24.2 Å². The molecule has 3 atom stereocenters. The smallest absolute Gasteiger partial charge is 0.310 e. The SMILES string of the molecule is CC(C(=O)O)c1ccc(CNC2CCN(C)CC2C)cc1. The van der Waals surface area contributed by atoms with Gasteiger partial charge < -0.3 is 15.3 Å². The minimum Gasteiger partial charge on any atom is -0.481 e. The molecule has 1 aromatic carbocycles. The van der Waals surface area contributed by atoms with Crippen molar-refractivity contribution in [3.8, 4) is 0 Å². The van der Waals surface area contributed by atoms with E-state index < -0.39 is 11.9 Å². The summed E-state index contributed by atoms with van der Waals surface area (Å²) >= 11 is 0. The van der Waals surface area contributed by atoms with E-state index in [9.17, 15) is 4.79 Å².